The highest BCUT2D eigenvalue weighted by Crippen LogP contribution is 2.28. The van der Waals surface area contributed by atoms with E-state index in [2.05, 4.69) is 33.9 Å². The van der Waals surface area contributed by atoms with E-state index in [1.54, 1.807) is 0 Å². The Balaban J connectivity index is 2.14. The van der Waals surface area contributed by atoms with Gasteiger partial charge in [-0.3, -0.25) is 4.79 Å². The summed E-state index contributed by atoms with van der Waals surface area (Å²) >= 11 is 3.46. The van der Waals surface area contributed by atoms with Gasteiger partial charge in [-0.05, 0) is 47.0 Å². The predicted octanol–water partition coefficient (Wildman–Crippen LogP) is 4.42. The van der Waals surface area contributed by atoms with Crippen LogP contribution < -0.4 is 4.90 Å². The number of carbonyl (C=O) groups excluding carboxylic acids is 1. The summed E-state index contributed by atoms with van der Waals surface area (Å²) in [5, 5.41) is 0. The SMILES string of the molecule is CN(c1ccc(C=O)c(Br)c1)C1CCCCCC1. The minimum Gasteiger partial charge on any atom is -0.372 e. The number of hydrogen-bond donors (Lipinski definition) is 0. The molecule has 2 nitrogen and oxygen atoms in total. The topological polar surface area (TPSA) is 20.3 Å². The summed E-state index contributed by atoms with van der Waals surface area (Å²) in [5.74, 6) is 0. The molecule has 0 spiro atoms. The van der Waals surface area contributed by atoms with Crippen LogP contribution >= 0.6 is 15.9 Å². The van der Waals surface area contributed by atoms with Crippen LogP contribution in [0.4, 0.5) is 5.69 Å². The molecule has 1 aromatic carbocycles. The molecule has 0 saturated heterocycles. The zero-order chi connectivity index (χ0) is 13.0. The second-order valence-electron chi connectivity index (χ2n) is 5.08. The molecule has 0 bridgehead atoms. The van der Waals surface area contributed by atoms with Gasteiger partial charge < -0.3 is 4.90 Å². The Hall–Kier alpha value is -0.830. The van der Waals surface area contributed by atoms with Gasteiger partial charge in [0.25, 0.3) is 0 Å². The molecule has 0 amide bonds. The van der Waals surface area contributed by atoms with E-state index in [1.165, 1.54) is 44.2 Å². The molecule has 0 N–H and O–H groups in total. The molecule has 1 aliphatic carbocycles. The average Bonchev–Trinajstić information content (AvgIpc) is 2.66. The normalized spacial score (nSPS) is 17.2. The van der Waals surface area contributed by atoms with Crippen molar-refractivity contribution in [1.29, 1.82) is 0 Å². The van der Waals surface area contributed by atoms with Crippen LogP contribution in [0.25, 0.3) is 0 Å². The fourth-order valence-corrected chi connectivity index (χ4v) is 3.15. The quantitative estimate of drug-likeness (QED) is 0.608. The Morgan fingerprint density at radius 3 is 2.44 bits per heavy atom. The van der Waals surface area contributed by atoms with Crippen molar-refractivity contribution >= 4 is 27.9 Å². The van der Waals surface area contributed by atoms with Gasteiger partial charge in [-0.25, -0.2) is 0 Å². The van der Waals surface area contributed by atoms with E-state index >= 15 is 0 Å². The van der Waals surface area contributed by atoms with Gasteiger partial charge in [0.1, 0.15) is 0 Å². The minimum absolute atomic E-state index is 0.640. The lowest BCUT2D eigenvalue weighted by Gasteiger charge is -2.29. The van der Waals surface area contributed by atoms with Crippen molar-refractivity contribution < 1.29 is 4.79 Å². The number of rotatable bonds is 3. The number of nitrogens with zero attached hydrogens (tertiary/aromatic N) is 1. The third-order valence-electron chi connectivity index (χ3n) is 3.89. The zero-order valence-corrected chi connectivity index (χ0v) is 12.4. The first-order valence-electron chi connectivity index (χ1n) is 6.70. The van der Waals surface area contributed by atoms with Crippen molar-refractivity contribution in [2.75, 3.05) is 11.9 Å². The molecule has 0 unspecified atom stereocenters. The Morgan fingerprint density at radius 2 is 1.89 bits per heavy atom. The Morgan fingerprint density at radius 1 is 1.22 bits per heavy atom. The number of anilines is 1. The third-order valence-corrected chi connectivity index (χ3v) is 4.58. The number of halogens is 1. The number of carbonyl (C=O) groups is 1. The summed E-state index contributed by atoms with van der Waals surface area (Å²) in [4.78, 5) is 13.2. The Kier molecular flexibility index (Phi) is 4.81. The maximum Gasteiger partial charge on any atom is 0.151 e. The summed E-state index contributed by atoms with van der Waals surface area (Å²) in [6.45, 7) is 0. The maximum atomic E-state index is 10.8. The fraction of sp³-hybridized carbons (Fsp3) is 0.533. The van der Waals surface area contributed by atoms with E-state index in [-0.39, 0.29) is 0 Å². The Labute approximate surface area is 117 Å². The smallest absolute Gasteiger partial charge is 0.151 e. The molecule has 0 atom stereocenters. The molecule has 0 heterocycles. The first kappa shape index (κ1) is 13.6. The van der Waals surface area contributed by atoms with Crippen LogP contribution in [0.3, 0.4) is 0 Å². The maximum absolute atomic E-state index is 10.8. The minimum atomic E-state index is 0.640. The van der Waals surface area contributed by atoms with Gasteiger partial charge in [0.15, 0.2) is 6.29 Å². The summed E-state index contributed by atoms with van der Waals surface area (Å²) in [6, 6.07) is 6.62. The fourth-order valence-electron chi connectivity index (χ4n) is 2.69. The summed E-state index contributed by atoms with van der Waals surface area (Å²) in [7, 11) is 2.17. The number of benzene rings is 1. The highest BCUT2D eigenvalue weighted by Gasteiger charge is 2.17. The lowest BCUT2D eigenvalue weighted by atomic mass is 10.1. The molecular formula is C15H20BrNO. The van der Waals surface area contributed by atoms with Gasteiger partial charge in [0.05, 0.1) is 0 Å². The monoisotopic (exact) mass is 309 g/mol. The van der Waals surface area contributed by atoms with Gasteiger partial charge in [0.2, 0.25) is 0 Å². The van der Waals surface area contributed by atoms with Crippen molar-refractivity contribution in [3.05, 3.63) is 28.2 Å². The van der Waals surface area contributed by atoms with Gasteiger partial charge in [-0.2, -0.15) is 0 Å². The van der Waals surface area contributed by atoms with Gasteiger partial charge >= 0.3 is 0 Å². The van der Waals surface area contributed by atoms with Crippen LogP contribution in [0.1, 0.15) is 48.9 Å². The van der Waals surface area contributed by atoms with Crippen LogP contribution in [0.2, 0.25) is 0 Å². The molecule has 2 rings (SSSR count). The highest BCUT2D eigenvalue weighted by molar-refractivity contribution is 9.10. The molecule has 18 heavy (non-hydrogen) atoms. The summed E-state index contributed by atoms with van der Waals surface area (Å²) in [6.07, 6.45) is 8.87. The molecule has 1 aliphatic rings. The second kappa shape index (κ2) is 6.37. The zero-order valence-electron chi connectivity index (χ0n) is 10.9. The molecule has 98 valence electrons. The largest absolute Gasteiger partial charge is 0.372 e. The molecule has 0 aromatic heterocycles. The van der Waals surface area contributed by atoms with Crippen molar-refractivity contribution in [3.63, 3.8) is 0 Å². The lowest BCUT2D eigenvalue weighted by Crippen LogP contribution is -2.31. The van der Waals surface area contributed by atoms with Gasteiger partial charge in [-0.1, -0.05) is 25.7 Å². The predicted molar refractivity (Wildman–Crippen MR) is 79.4 cm³/mol. The number of hydrogen-bond acceptors (Lipinski definition) is 2. The molecule has 0 aliphatic heterocycles. The highest BCUT2D eigenvalue weighted by atomic mass is 79.9. The average molecular weight is 310 g/mol. The third kappa shape index (κ3) is 3.14. The van der Waals surface area contributed by atoms with E-state index in [1.807, 2.05) is 12.1 Å². The van der Waals surface area contributed by atoms with Crippen LogP contribution in [0.5, 0.6) is 0 Å². The van der Waals surface area contributed by atoms with Crippen molar-refractivity contribution in [2.24, 2.45) is 0 Å². The van der Waals surface area contributed by atoms with E-state index in [4.69, 9.17) is 0 Å². The Bertz CT molecular complexity index is 411. The van der Waals surface area contributed by atoms with Crippen LogP contribution in [-0.2, 0) is 0 Å². The molecule has 3 heteroatoms. The van der Waals surface area contributed by atoms with Crippen LogP contribution in [0.15, 0.2) is 22.7 Å². The van der Waals surface area contributed by atoms with Gasteiger partial charge in [0, 0.05) is 28.8 Å². The van der Waals surface area contributed by atoms with Crippen molar-refractivity contribution in [3.8, 4) is 0 Å². The first-order chi connectivity index (χ1) is 8.72. The van der Waals surface area contributed by atoms with E-state index in [0.717, 1.165) is 10.8 Å². The van der Waals surface area contributed by atoms with Crippen molar-refractivity contribution in [1.82, 2.24) is 0 Å². The first-order valence-corrected chi connectivity index (χ1v) is 7.49. The molecule has 0 radical (unpaired) electrons. The molecule has 1 saturated carbocycles. The van der Waals surface area contributed by atoms with Gasteiger partial charge in [-0.15, -0.1) is 0 Å². The standard InChI is InChI=1S/C15H20BrNO/c1-17(13-6-4-2-3-5-7-13)14-9-8-12(11-18)15(16)10-14/h8-11,13H,2-7H2,1H3. The number of aldehydes is 1. The molecular weight excluding hydrogens is 290 g/mol. The van der Waals surface area contributed by atoms with E-state index < -0.39 is 0 Å². The van der Waals surface area contributed by atoms with Crippen molar-refractivity contribution in [2.45, 2.75) is 44.6 Å². The van der Waals surface area contributed by atoms with Crippen LogP contribution in [-0.4, -0.2) is 19.4 Å². The van der Waals surface area contributed by atoms with E-state index in [9.17, 15) is 4.79 Å². The molecule has 1 aromatic rings. The second-order valence-corrected chi connectivity index (χ2v) is 5.93. The summed E-state index contributed by atoms with van der Waals surface area (Å²) < 4.78 is 0.885. The summed E-state index contributed by atoms with van der Waals surface area (Å²) in [5.41, 5.74) is 1.91. The van der Waals surface area contributed by atoms with Crippen LogP contribution in [0, 0.1) is 0 Å². The molecule has 1 fully saturated rings. The van der Waals surface area contributed by atoms with E-state index in [0.29, 0.717) is 11.6 Å². The lowest BCUT2D eigenvalue weighted by molar-refractivity contribution is 0.112.